The van der Waals surface area contributed by atoms with Crippen molar-refractivity contribution in [1.82, 2.24) is 14.9 Å². The van der Waals surface area contributed by atoms with Gasteiger partial charge in [0.1, 0.15) is 12.3 Å². The number of carboxylic acids is 1. The first-order valence-electron chi connectivity index (χ1n) is 8.30. The fraction of sp³-hybridized carbons (Fsp3) is 0.211. The lowest BCUT2D eigenvalue weighted by molar-refractivity contribution is -0.137. The Labute approximate surface area is 154 Å². The molecule has 0 aliphatic heterocycles. The minimum atomic E-state index is -1.04. The fourth-order valence-corrected chi connectivity index (χ4v) is 2.91. The number of benzene rings is 2. The van der Waals surface area contributed by atoms with E-state index in [2.05, 4.69) is 10.3 Å². The zero-order valence-electron chi connectivity index (χ0n) is 14.6. The van der Waals surface area contributed by atoms with Crippen molar-refractivity contribution < 1.29 is 19.4 Å². The highest BCUT2D eigenvalue weighted by molar-refractivity contribution is 5.81. The highest BCUT2D eigenvalue weighted by Gasteiger charge is 2.19. The maximum atomic E-state index is 12.5. The van der Waals surface area contributed by atoms with Gasteiger partial charge in [-0.3, -0.25) is 14.2 Å². The van der Waals surface area contributed by atoms with Gasteiger partial charge in [-0.25, -0.2) is 4.79 Å². The van der Waals surface area contributed by atoms with Gasteiger partial charge in [0.25, 0.3) is 0 Å². The number of rotatable bonds is 7. The Morgan fingerprint density at radius 2 is 1.89 bits per heavy atom. The summed E-state index contributed by atoms with van der Waals surface area (Å²) >= 11 is 0. The number of fused-ring (bicyclic) bond motifs is 1. The molecule has 2 aromatic carbocycles. The highest BCUT2D eigenvalue weighted by atomic mass is 16.5. The minimum absolute atomic E-state index is 0.213. The van der Waals surface area contributed by atoms with Crippen LogP contribution in [-0.4, -0.2) is 33.6 Å². The third-order valence-electron chi connectivity index (χ3n) is 4.22. The zero-order chi connectivity index (χ0) is 19.4. The molecule has 1 amide bonds. The number of carbonyl (C=O) groups excluding carboxylic acids is 1. The number of amides is 1. The van der Waals surface area contributed by atoms with Crippen molar-refractivity contribution in [2.75, 3.05) is 7.11 Å². The van der Waals surface area contributed by atoms with Crippen molar-refractivity contribution in [3.8, 4) is 5.75 Å². The summed E-state index contributed by atoms with van der Waals surface area (Å²) < 4.78 is 6.41. The summed E-state index contributed by atoms with van der Waals surface area (Å²) in [4.78, 5) is 38.5. The molecular formula is C19H19N3O5. The minimum Gasteiger partial charge on any atom is -0.497 e. The summed E-state index contributed by atoms with van der Waals surface area (Å²) in [6, 6.07) is 13.1. The van der Waals surface area contributed by atoms with Crippen molar-refractivity contribution in [1.29, 1.82) is 0 Å². The molecule has 140 valence electrons. The number of imidazole rings is 1. The molecule has 1 atom stereocenters. The van der Waals surface area contributed by atoms with Crippen LogP contribution in [-0.2, 0) is 16.1 Å². The fourth-order valence-electron chi connectivity index (χ4n) is 2.91. The first-order chi connectivity index (χ1) is 13.0. The topological polar surface area (TPSA) is 113 Å². The Morgan fingerprint density at radius 1 is 1.19 bits per heavy atom. The third-order valence-corrected chi connectivity index (χ3v) is 4.22. The number of para-hydroxylation sites is 2. The predicted molar refractivity (Wildman–Crippen MR) is 98.7 cm³/mol. The van der Waals surface area contributed by atoms with Gasteiger partial charge < -0.3 is 20.1 Å². The third kappa shape index (κ3) is 4.17. The molecule has 0 radical (unpaired) electrons. The van der Waals surface area contributed by atoms with Gasteiger partial charge in [-0.2, -0.15) is 0 Å². The van der Waals surface area contributed by atoms with Crippen LogP contribution in [0.15, 0.2) is 53.3 Å². The number of H-pyrrole nitrogens is 1. The Morgan fingerprint density at radius 3 is 2.56 bits per heavy atom. The van der Waals surface area contributed by atoms with E-state index < -0.39 is 23.6 Å². The van der Waals surface area contributed by atoms with E-state index in [0.29, 0.717) is 22.3 Å². The second-order valence-electron chi connectivity index (χ2n) is 6.02. The molecule has 3 aromatic rings. The van der Waals surface area contributed by atoms with E-state index in [1.165, 1.54) is 11.7 Å². The van der Waals surface area contributed by atoms with Crippen LogP contribution in [0.25, 0.3) is 11.0 Å². The normalized spacial score (nSPS) is 11.9. The number of carbonyl (C=O) groups is 2. The summed E-state index contributed by atoms with van der Waals surface area (Å²) in [7, 11) is 1.53. The Balaban J connectivity index is 1.80. The second-order valence-corrected chi connectivity index (χ2v) is 6.02. The van der Waals surface area contributed by atoms with Crippen LogP contribution in [0.3, 0.4) is 0 Å². The van der Waals surface area contributed by atoms with Gasteiger partial charge in [0.05, 0.1) is 30.6 Å². The van der Waals surface area contributed by atoms with Crippen molar-refractivity contribution in [3.63, 3.8) is 0 Å². The number of ether oxygens (including phenoxy) is 1. The number of aromatic nitrogens is 2. The van der Waals surface area contributed by atoms with Crippen molar-refractivity contribution in [3.05, 3.63) is 64.6 Å². The van der Waals surface area contributed by atoms with Crippen LogP contribution in [0.4, 0.5) is 0 Å². The molecule has 0 aliphatic carbocycles. The summed E-state index contributed by atoms with van der Waals surface area (Å²) in [6.45, 7) is -0.213. The largest absolute Gasteiger partial charge is 0.497 e. The maximum Gasteiger partial charge on any atom is 0.326 e. The Kier molecular flexibility index (Phi) is 5.25. The number of nitrogens with one attached hydrogen (secondary N) is 2. The molecule has 8 heteroatoms. The summed E-state index contributed by atoms with van der Waals surface area (Å²) in [5.74, 6) is -0.867. The zero-order valence-corrected chi connectivity index (χ0v) is 14.6. The number of aliphatic carboxylic acids is 1. The van der Waals surface area contributed by atoms with Crippen LogP contribution in [0.1, 0.15) is 18.0 Å². The van der Waals surface area contributed by atoms with Crippen molar-refractivity contribution in [2.24, 2.45) is 0 Å². The number of aromatic amines is 1. The van der Waals surface area contributed by atoms with Crippen molar-refractivity contribution >= 4 is 22.9 Å². The van der Waals surface area contributed by atoms with Gasteiger partial charge in [-0.1, -0.05) is 24.3 Å². The molecule has 0 bridgehead atoms. The average molecular weight is 369 g/mol. The molecule has 1 unspecified atom stereocenters. The van der Waals surface area contributed by atoms with Crippen LogP contribution < -0.4 is 15.7 Å². The number of carboxylic acid groups (broad SMARTS) is 1. The lowest BCUT2D eigenvalue weighted by atomic mass is 10.0. The predicted octanol–water partition coefficient (Wildman–Crippen LogP) is 1.67. The Hall–Kier alpha value is -3.55. The van der Waals surface area contributed by atoms with Crippen LogP contribution in [0, 0.1) is 0 Å². The van der Waals surface area contributed by atoms with Crippen LogP contribution >= 0.6 is 0 Å². The van der Waals surface area contributed by atoms with Gasteiger partial charge in [0.15, 0.2) is 0 Å². The van der Waals surface area contributed by atoms with Gasteiger partial charge in [0.2, 0.25) is 5.91 Å². The molecule has 8 nitrogen and oxygen atoms in total. The van der Waals surface area contributed by atoms with Gasteiger partial charge in [-0.15, -0.1) is 0 Å². The van der Waals surface area contributed by atoms with E-state index in [9.17, 15) is 14.4 Å². The van der Waals surface area contributed by atoms with Gasteiger partial charge >= 0.3 is 11.7 Å². The second kappa shape index (κ2) is 7.77. The monoisotopic (exact) mass is 369 g/mol. The number of hydrogen-bond acceptors (Lipinski definition) is 4. The lowest BCUT2D eigenvalue weighted by Gasteiger charge is -2.18. The molecule has 1 aromatic heterocycles. The quantitative estimate of drug-likeness (QED) is 0.586. The molecule has 0 saturated carbocycles. The van der Waals surface area contributed by atoms with Gasteiger partial charge in [0, 0.05) is 0 Å². The molecule has 3 rings (SSSR count). The van der Waals surface area contributed by atoms with Crippen LogP contribution in [0.5, 0.6) is 5.75 Å². The molecule has 0 fully saturated rings. The smallest absolute Gasteiger partial charge is 0.326 e. The van der Waals surface area contributed by atoms with Crippen molar-refractivity contribution in [2.45, 2.75) is 19.0 Å². The first-order valence-corrected chi connectivity index (χ1v) is 8.30. The van der Waals surface area contributed by atoms with E-state index in [-0.39, 0.29) is 13.0 Å². The maximum absolute atomic E-state index is 12.5. The number of methoxy groups -OCH3 is 1. The van der Waals surface area contributed by atoms with E-state index in [0.717, 1.165) is 0 Å². The molecule has 3 N–H and O–H groups in total. The SMILES string of the molecule is COc1ccc(C(CC(=O)O)NC(=O)Cn2c(=O)[nH]c3ccccc32)cc1. The number of hydrogen-bond donors (Lipinski definition) is 3. The van der Waals surface area contributed by atoms with E-state index >= 15 is 0 Å². The molecule has 0 aliphatic rings. The Bertz CT molecular complexity index is 1020. The molecule has 0 spiro atoms. The molecular weight excluding hydrogens is 350 g/mol. The average Bonchev–Trinajstić information content (AvgIpc) is 2.96. The highest BCUT2D eigenvalue weighted by Crippen LogP contribution is 2.20. The van der Waals surface area contributed by atoms with E-state index in [1.807, 2.05) is 0 Å². The molecule has 1 heterocycles. The van der Waals surface area contributed by atoms with Crippen LogP contribution in [0.2, 0.25) is 0 Å². The summed E-state index contributed by atoms with van der Waals surface area (Å²) in [5, 5.41) is 11.9. The first kappa shape index (κ1) is 18.2. The number of nitrogens with zero attached hydrogens (tertiary/aromatic N) is 1. The standard InChI is InChI=1S/C19H19N3O5/c1-27-13-8-6-12(7-9-13)15(10-18(24)25)20-17(23)11-22-16-5-3-2-4-14(16)21-19(22)26/h2-9,15H,10-11H2,1H3,(H,20,23)(H,21,26)(H,24,25). The van der Waals surface area contributed by atoms with Gasteiger partial charge in [-0.05, 0) is 29.8 Å². The van der Waals surface area contributed by atoms with E-state index in [1.54, 1.807) is 48.5 Å². The lowest BCUT2D eigenvalue weighted by Crippen LogP contribution is -2.35. The molecule has 0 saturated heterocycles. The molecule has 27 heavy (non-hydrogen) atoms. The van der Waals surface area contributed by atoms with E-state index in [4.69, 9.17) is 9.84 Å². The summed E-state index contributed by atoms with van der Waals surface area (Å²) in [5.41, 5.74) is 1.48. The summed E-state index contributed by atoms with van der Waals surface area (Å²) in [6.07, 6.45) is -0.277.